The minimum Gasteiger partial charge on any atom is -0.461 e. The predicted octanol–water partition coefficient (Wildman–Crippen LogP) is 2.98. The van der Waals surface area contributed by atoms with E-state index in [1.54, 1.807) is 12.3 Å². The third kappa shape index (κ3) is 3.05. The van der Waals surface area contributed by atoms with Gasteiger partial charge >= 0.3 is 5.97 Å². The van der Waals surface area contributed by atoms with Crippen LogP contribution in [0.2, 0.25) is 0 Å². The average molecular weight is 303 g/mol. The Bertz CT molecular complexity index is 618. The fourth-order valence-corrected chi connectivity index (χ4v) is 3.13. The van der Waals surface area contributed by atoms with Crippen LogP contribution in [0.5, 0.6) is 0 Å². The number of ether oxygens (including phenoxy) is 1. The van der Waals surface area contributed by atoms with Crippen LogP contribution in [-0.2, 0) is 4.74 Å². The molecule has 1 saturated heterocycles. The van der Waals surface area contributed by atoms with Crippen molar-refractivity contribution in [2.45, 2.75) is 19.8 Å². The largest absolute Gasteiger partial charge is 0.461 e. The maximum absolute atomic E-state index is 11.6. The van der Waals surface area contributed by atoms with Gasteiger partial charge in [0.05, 0.1) is 6.61 Å². The summed E-state index contributed by atoms with van der Waals surface area (Å²) in [6.07, 6.45) is 4.29. The van der Waals surface area contributed by atoms with Crippen LogP contribution < -0.4 is 4.90 Å². The Labute approximate surface area is 127 Å². The Morgan fingerprint density at radius 3 is 2.86 bits per heavy atom. The van der Waals surface area contributed by atoms with Crippen LogP contribution in [0, 0.1) is 0 Å². The van der Waals surface area contributed by atoms with Crippen molar-refractivity contribution in [2.24, 2.45) is 0 Å². The zero-order valence-electron chi connectivity index (χ0n) is 11.9. The van der Waals surface area contributed by atoms with Crippen molar-refractivity contribution in [3.05, 3.63) is 29.4 Å². The van der Waals surface area contributed by atoms with Crippen LogP contribution in [0.3, 0.4) is 0 Å². The third-order valence-corrected chi connectivity index (χ3v) is 4.30. The molecule has 1 fully saturated rings. The predicted molar refractivity (Wildman–Crippen MR) is 82.7 cm³/mol. The van der Waals surface area contributed by atoms with Gasteiger partial charge in [0.2, 0.25) is 0 Å². The summed E-state index contributed by atoms with van der Waals surface area (Å²) in [7, 11) is 0. The first-order chi connectivity index (χ1) is 10.3. The lowest BCUT2D eigenvalue weighted by Crippen LogP contribution is -2.18. The maximum Gasteiger partial charge on any atom is 0.357 e. The third-order valence-electron chi connectivity index (χ3n) is 3.41. The van der Waals surface area contributed by atoms with Gasteiger partial charge in [-0.3, -0.25) is 0 Å². The van der Waals surface area contributed by atoms with Crippen molar-refractivity contribution in [3.63, 3.8) is 0 Å². The lowest BCUT2D eigenvalue weighted by molar-refractivity contribution is 0.0520. The highest BCUT2D eigenvalue weighted by Gasteiger charge is 2.15. The molecule has 5 nitrogen and oxygen atoms in total. The molecule has 0 spiro atoms. The van der Waals surface area contributed by atoms with Crippen LogP contribution in [0.15, 0.2) is 23.7 Å². The Kier molecular flexibility index (Phi) is 4.15. The molecule has 6 heteroatoms. The molecular weight excluding hydrogens is 286 g/mol. The molecule has 1 aliphatic rings. The van der Waals surface area contributed by atoms with Gasteiger partial charge in [0.1, 0.15) is 10.8 Å². The van der Waals surface area contributed by atoms with Crippen LogP contribution in [0.4, 0.5) is 5.82 Å². The van der Waals surface area contributed by atoms with Crippen molar-refractivity contribution in [2.75, 3.05) is 24.6 Å². The molecule has 21 heavy (non-hydrogen) atoms. The molecule has 2 aromatic rings. The first-order valence-electron chi connectivity index (χ1n) is 7.12. The molecule has 0 N–H and O–H groups in total. The van der Waals surface area contributed by atoms with Crippen LogP contribution in [0.1, 0.15) is 30.3 Å². The summed E-state index contributed by atoms with van der Waals surface area (Å²) in [6, 6.07) is 4.03. The van der Waals surface area contributed by atoms with Crippen LogP contribution in [-0.4, -0.2) is 35.6 Å². The van der Waals surface area contributed by atoms with E-state index < -0.39 is 0 Å². The molecule has 0 bridgehead atoms. The molecule has 1 aliphatic heterocycles. The van der Waals surface area contributed by atoms with E-state index in [0.29, 0.717) is 12.3 Å². The van der Waals surface area contributed by atoms with E-state index in [9.17, 15) is 4.79 Å². The number of carbonyl (C=O) groups excluding carboxylic acids is 1. The van der Waals surface area contributed by atoms with Gasteiger partial charge in [-0.25, -0.2) is 14.8 Å². The van der Waals surface area contributed by atoms with E-state index in [2.05, 4.69) is 14.9 Å². The number of hydrogen-bond acceptors (Lipinski definition) is 6. The normalized spacial score (nSPS) is 14.4. The van der Waals surface area contributed by atoms with Gasteiger partial charge in [-0.05, 0) is 31.9 Å². The highest BCUT2D eigenvalue weighted by molar-refractivity contribution is 7.13. The second-order valence-electron chi connectivity index (χ2n) is 4.86. The number of nitrogens with zero attached hydrogens (tertiary/aromatic N) is 3. The van der Waals surface area contributed by atoms with E-state index in [1.807, 2.05) is 18.3 Å². The lowest BCUT2D eigenvalue weighted by Gasteiger charge is -2.15. The van der Waals surface area contributed by atoms with Crippen LogP contribution >= 0.6 is 11.3 Å². The molecule has 2 aromatic heterocycles. The maximum atomic E-state index is 11.6. The van der Waals surface area contributed by atoms with Gasteiger partial charge in [-0.2, -0.15) is 0 Å². The summed E-state index contributed by atoms with van der Waals surface area (Å²) in [6.45, 7) is 4.30. The summed E-state index contributed by atoms with van der Waals surface area (Å²) in [4.78, 5) is 22.7. The second kappa shape index (κ2) is 6.22. The number of carbonyl (C=O) groups is 1. The molecule has 0 atom stereocenters. The number of pyridine rings is 1. The summed E-state index contributed by atoms with van der Waals surface area (Å²) in [5, 5.41) is 2.51. The summed E-state index contributed by atoms with van der Waals surface area (Å²) in [5.41, 5.74) is 1.29. The monoisotopic (exact) mass is 303 g/mol. The minimum absolute atomic E-state index is 0.359. The lowest BCUT2D eigenvalue weighted by atomic mass is 10.3. The average Bonchev–Trinajstić information content (AvgIpc) is 3.19. The van der Waals surface area contributed by atoms with Gasteiger partial charge in [0, 0.05) is 30.2 Å². The highest BCUT2D eigenvalue weighted by atomic mass is 32.1. The fraction of sp³-hybridized carbons (Fsp3) is 0.400. The van der Waals surface area contributed by atoms with Gasteiger partial charge < -0.3 is 9.64 Å². The van der Waals surface area contributed by atoms with Crippen molar-refractivity contribution in [3.8, 4) is 10.6 Å². The topological polar surface area (TPSA) is 55.3 Å². The molecule has 0 saturated carbocycles. The standard InChI is InChI=1S/C15H17N3O2S/c1-2-20-15(19)12-10-21-14(17-12)11-5-6-13(16-9-11)18-7-3-4-8-18/h5-6,9-10H,2-4,7-8H2,1H3. The van der Waals surface area contributed by atoms with Crippen molar-refractivity contribution in [1.82, 2.24) is 9.97 Å². The van der Waals surface area contributed by atoms with Gasteiger partial charge in [-0.15, -0.1) is 11.3 Å². The molecule has 3 rings (SSSR count). The number of aromatic nitrogens is 2. The Balaban J connectivity index is 1.76. The molecule has 0 aliphatic carbocycles. The second-order valence-corrected chi connectivity index (χ2v) is 5.72. The first kappa shape index (κ1) is 14.0. The van der Waals surface area contributed by atoms with Crippen LogP contribution in [0.25, 0.3) is 10.6 Å². The minimum atomic E-state index is -0.373. The zero-order valence-corrected chi connectivity index (χ0v) is 12.7. The zero-order chi connectivity index (χ0) is 14.7. The van der Waals surface area contributed by atoms with Crippen molar-refractivity contribution in [1.29, 1.82) is 0 Å². The van der Waals surface area contributed by atoms with Gasteiger partial charge in [0.25, 0.3) is 0 Å². The van der Waals surface area contributed by atoms with Gasteiger partial charge in [0.15, 0.2) is 5.69 Å². The summed E-state index contributed by atoms with van der Waals surface area (Å²) < 4.78 is 4.95. The van der Waals surface area contributed by atoms with Gasteiger partial charge in [-0.1, -0.05) is 0 Å². The molecule has 0 radical (unpaired) electrons. The molecule has 0 amide bonds. The molecule has 0 aromatic carbocycles. The molecule has 3 heterocycles. The number of anilines is 1. The molecule has 110 valence electrons. The number of thiazole rings is 1. The summed E-state index contributed by atoms with van der Waals surface area (Å²) in [5.74, 6) is 0.639. The van der Waals surface area contributed by atoms with E-state index in [1.165, 1.54) is 24.2 Å². The first-order valence-corrected chi connectivity index (χ1v) is 8.00. The Morgan fingerprint density at radius 1 is 1.38 bits per heavy atom. The molecular formula is C15H17N3O2S. The van der Waals surface area contributed by atoms with Crippen molar-refractivity contribution >= 4 is 23.1 Å². The van der Waals surface area contributed by atoms with E-state index >= 15 is 0 Å². The Hall–Kier alpha value is -1.95. The Morgan fingerprint density at radius 2 is 2.19 bits per heavy atom. The van der Waals surface area contributed by atoms with Crippen molar-refractivity contribution < 1.29 is 9.53 Å². The number of esters is 1. The number of hydrogen-bond donors (Lipinski definition) is 0. The highest BCUT2D eigenvalue weighted by Crippen LogP contribution is 2.26. The quantitative estimate of drug-likeness (QED) is 0.813. The summed E-state index contributed by atoms with van der Waals surface area (Å²) >= 11 is 1.43. The molecule has 0 unspecified atom stereocenters. The van der Waals surface area contributed by atoms with E-state index in [4.69, 9.17) is 4.74 Å². The fourth-order valence-electron chi connectivity index (χ4n) is 2.35. The van der Waals surface area contributed by atoms with E-state index in [0.717, 1.165) is 29.5 Å². The SMILES string of the molecule is CCOC(=O)c1csc(-c2ccc(N3CCCC3)nc2)n1. The van der Waals surface area contributed by atoms with E-state index in [-0.39, 0.29) is 5.97 Å². The smallest absolute Gasteiger partial charge is 0.357 e. The number of rotatable bonds is 4.